The zero-order valence-electron chi connectivity index (χ0n) is 12.4. The van der Waals surface area contributed by atoms with Crippen molar-refractivity contribution in [2.45, 2.75) is 50.5 Å². The third-order valence-corrected chi connectivity index (χ3v) is 4.35. The molecule has 2 unspecified atom stereocenters. The predicted molar refractivity (Wildman–Crippen MR) is 78.9 cm³/mol. The smallest absolute Gasteiger partial charge is 0.220 e. The number of hydrogen-bond acceptors (Lipinski definition) is 7. The summed E-state index contributed by atoms with van der Waals surface area (Å²) in [6, 6.07) is 0. The highest BCUT2D eigenvalue weighted by atomic mass is 32.2. The maximum Gasteiger partial charge on any atom is 0.220 e. The summed E-state index contributed by atoms with van der Waals surface area (Å²) in [6.45, 7) is 2.00. The molecule has 0 aromatic carbocycles. The lowest BCUT2D eigenvalue weighted by Crippen LogP contribution is -2.57. The molecule has 21 heavy (non-hydrogen) atoms. The Morgan fingerprint density at radius 2 is 1.95 bits per heavy atom. The van der Waals surface area contributed by atoms with Crippen LogP contribution in [0.3, 0.4) is 0 Å². The lowest BCUT2D eigenvalue weighted by Gasteiger charge is -2.38. The molecule has 8 heteroatoms. The first-order valence-electron chi connectivity index (χ1n) is 7.07. The number of hydrogen-bond donors (Lipinski definition) is 4. The topological polar surface area (TPSA) is 108 Å². The molecule has 0 aromatic rings. The van der Waals surface area contributed by atoms with Gasteiger partial charge in [0, 0.05) is 19.2 Å². The van der Waals surface area contributed by atoms with E-state index in [1.807, 2.05) is 0 Å². The molecule has 5 atom stereocenters. The summed E-state index contributed by atoms with van der Waals surface area (Å²) in [7, 11) is 1.61. The van der Waals surface area contributed by atoms with Gasteiger partial charge in [0.25, 0.3) is 0 Å². The first-order valence-corrected chi connectivity index (χ1v) is 8.22. The van der Waals surface area contributed by atoms with Gasteiger partial charge in [-0.05, 0) is 19.1 Å². The van der Waals surface area contributed by atoms with Gasteiger partial charge in [0.15, 0.2) is 6.29 Å². The minimum atomic E-state index is -1.26. The number of carbonyl (C=O) groups is 1. The van der Waals surface area contributed by atoms with Crippen molar-refractivity contribution in [2.75, 3.05) is 25.2 Å². The normalized spacial score (nSPS) is 32.9. The summed E-state index contributed by atoms with van der Waals surface area (Å²) in [5.74, 6) is 1.61. The van der Waals surface area contributed by atoms with E-state index in [4.69, 9.17) is 9.47 Å². The fourth-order valence-electron chi connectivity index (χ4n) is 1.90. The second-order valence-corrected chi connectivity index (χ2v) is 6.17. The van der Waals surface area contributed by atoms with E-state index >= 15 is 0 Å². The molecule has 1 aliphatic rings. The number of nitrogens with one attached hydrogen (secondary N) is 1. The quantitative estimate of drug-likeness (QED) is 0.428. The van der Waals surface area contributed by atoms with E-state index in [-0.39, 0.29) is 5.91 Å². The number of thioether (sulfide) groups is 1. The van der Waals surface area contributed by atoms with Crippen LogP contribution in [0.1, 0.15) is 19.8 Å². The van der Waals surface area contributed by atoms with Gasteiger partial charge >= 0.3 is 0 Å². The Morgan fingerprint density at radius 3 is 2.62 bits per heavy atom. The fraction of sp³-hybridized carbons (Fsp3) is 0.923. The molecule has 4 N–H and O–H groups in total. The van der Waals surface area contributed by atoms with Crippen LogP contribution in [0.5, 0.6) is 0 Å². The van der Waals surface area contributed by atoms with Crippen molar-refractivity contribution in [2.24, 2.45) is 0 Å². The van der Waals surface area contributed by atoms with Gasteiger partial charge in [0.1, 0.15) is 18.3 Å². The van der Waals surface area contributed by atoms with Gasteiger partial charge in [0.2, 0.25) is 5.91 Å². The molecule has 0 aromatic heterocycles. The molecule has 124 valence electrons. The summed E-state index contributed by atoms with van der Waals surface area (Å²) in [5, 5.41) is 31.5. The first-order chi connectivity index (χ1) is 9.97. The Morgan fingerprint density at radius 1 is 1.24 bits per heavy atom. The summed E-state index contributed by atoms with van der Waals surface area (Å²) in [6.07, 6.45) is -3.89. The van der Waals surface area contributed by atoms with Gasteiger partial charge in [-0.15, -0.1) is 0 Å². The van der Waals surface area contributed by atoms with E-state index in [1.165, 1.54) is 0 Å². The van der Waals surface area contributed by atoms with Crippen LogP contribution in [0.2, 0.25) is 0 Å². The zero-order chi connectivity index (χ0) is 15.8. The van der Waals surface area contributed by atoms with E-state index in [1.54, 1.807) is 25.7 Å². The molecule has 1 fully saturated rings. The molecule has 0 saturated carbocycles. The first kappa shape index (κ1) is 18.7. The van der Waals surface area contributed by atoms with Gasteiger partial charge in [0.05, 0.1) is 12.7 Å². The van der Waals surface area contributed by atoms with Crippen molar-refractivity contribution in [1.29, 1.82) is 0 Å². The molecule has 7 nitrogen and oxygen atoms in total. The highest BCUT2D eigenvalue weighted by Crippen LogP contribution is 2.21. The minimum Gasteiger partial charge on any atom is -0.388 e. The molecule has 0 bridgehead atoms. The molecule has 1 heterocycles. The Bertz CT molecular complexity index is 319. The summed E-state index contributed by atoms with van der Waals surface area (Å²) < 4.78 is 10.7. The van der Waals surface area contributed by atoms with Crippen LogP contribution in [0.25, 0.3) is 0 Å². The van der Waals surface area contributed by atoms with E-state index in [9.17, 15) is 20.1 Å². The van der Waals surface area contributed by atoms with Crippen molar-refractivity contribution in [3.8, 4) is 0 Å². The molecular formula is C13H25NO6S. The maximum atomic E-state index is 11.0. The number of amides is 1. The molecule has 1 saturated heterocycles. The van der Waals surface area contributed by atoms with Gasteiger partial charge in [-0.3, -0.25) is 4.79 Å². The molecule has 1 aliphatic heterocycles. The Hall–Kier alpha value is -0.380. The van der Waals surface area contributed by atoms with Crippen LogP contribution >= 0.6 is 11.8 Å². The standard InChI is InChI=1S/C13H25NO6S/c1-8-10(16)11(17)12(18)13(20-8)19-5-3-6-21-7-4-9(15)14-2/h8,10-13,16-18H,3-7H2,1-2H3,(H,14,15)/t8?,10-,11+,12?,13+/m0/s1. The monoisotopic (exact) mass is 323 g/mol. The second-order valence-electron chi connectivity index (χ2n) is 4.94. The van der Waals surface area contributed by atoms with Crippen molar-refractivity contribution in [3.05, 3.63) is 0 Å². The van der Waals surface area contributed by atoms with E-state index in [0.717, 1.165) is 17.9 Å². The van der Waals surface area contributed by atoms with Crippen LogP contribution < -0.4 is 5.32 Å². The van der Waals surface area contributed by atoms with Crippen LogP contribution in [0.4, 0.5) is 0 Å². The van der Waals surface area contributed by atoms with Gasteiger partial charge < -0.3 is 30.1 Å². The third kappa shape index (κ3) is 6.09. The lowest BCUT2D eigenvalue weighted by molar-refractivity contribution is -0.292. The summed E-state index contributed by atoms with van der Waals surface area (Å²) in [5.41, 5.74) is 0. The predicted octanol–water partition coefficient (Wildman–Crippen LogP) is -0.910. The zero-order valence-corrected chi connectivity index (χ0v) is 13.2. The Balaban J connectivity index is 2.11. The van der Waals surface area contributed by atoms with Gasteiger partial charge in [-0.2, -0.15) is 11.8 Å². The Kier molecular flexibility index (Phi) is 8.53. The van der Waals surface area contributed by atoms with Gasteiger partial charge in [-0.25, -0.2) is 0 Å². The second kappa shape index (κ2) is 9.60. The van der Waals surface area contributed by atoms with Crippen LogP contribution in [-0.2, 0) is 14.3 Å². The number of carbonyl (C=O) groups excluding carboxylic acids is 1. The van der Waals surface area contributed by atoms with Crippen molar-refractivity contribution in [3.63, 3.8) is 0 Å². The van der Waals surface area contributed by atoms with E-state index in [2.05, 4.69) is 5.32 Å². The summed E-state index contributed by atoms with van der Waals surface area (Å²) in [4.78, 5) is 11.0. The fourth-order valence-corrected chi connectivity index (χ4v) is 2.76. The van der Waals surface area contributed by atoms with E-state index < -0.39 is 30.7 Å². The van der Waals surface area contributed by atoms with Crippen LogP contribution in [0.15, 0.2) is 0 Å². The third-order valence-electron chi connectivity index (χ3n) is 3.28. The van der Waals surface area contributed by atoms with Gasteiger partial charge in [-0.1, -0.05) is 0 Å². The average Bonchev–Trinajstić information content (AvgIpc) is 2.48. The highest BCUT2D eigenvalue weighted by molar-refractivity contribution is 7.99. The van der Waals surface area contributed by atoms with E-state index in [0.29, 0.717) is 13.0 Å². The molecule has 1 rings (SSSR count). The molecular weight excluding hydrogens is 298 g/mol. The van der Waals surface area contributed by atoms with Crippen molar-refractivity contribution in [1.82, 2.24) is 5.32 Å². The molecule has 1 amide bonds. The average molecular weight is 323 g/mol. The van der Waals surface area contributed by atoms with Crippen LogP contribution in [0, 0.1) is 0 Å². The van der Waals surface area contributed by atoms with Crippen molar-refractivity contribution < 1.29 is 29.6 Å². The number of aliphatic hydroxyl groups is 3. The molecule has 0 aliphatic carbocycles. The Labute approximate surface area is 129 Å². The lowest BCUT2D eigenvalue weighted by atomic mass is 10.0. The largest absolute Gasteiger partial charge is 0.388 e. The molecule has 0 spiro atoms. The highest BCUT2D eigenvalue weighted by Gasteiger charge is 2.42. The number of ether oxygens (including phenoxy) is 2. The molecule has 0 radical (unpaired) electrons. The minimum absolute atomic E-state index is 0.0269. The van der Waals surface area contributed by atoms with Crippen LogP contribution in [-0.4, -0.2) is 77.1 Å². The summed E-state index contributed by atoms with van der Waals surface area (Å²) >= 11 is 1.65. The number of rotatable bonds is 8. The maximum absolute atomic E-state index is 11.0. The van der Waals surface area contributed by atoms with Crippen molar-refractivity contribution >= 4 is 17.7 Å². The number of aliphatic hydroxyl groups excluding tert-OH is 3. The SMILES string of the molecule is CNC(=O)CCSCCCO[C@@H]1OC(C)[C@H](O)[C@@H](O)C1O.